The van der Waals surface area contributed by atoms with Gasteiger partial charge in [0.05, 0.1) is 14.9 Å². The summed E-state index contributed by atoms with van der Waals surface area (Å²) in [5.74, 6) is 0.0512. The molecule has 1 amide bonds. The molecule has 0 aliphatic carbocycles. The fourth-order valence-electron chi connectivity index (χ4n) is 2.44. The summed E-state index contributed by atoms with van der Waals surface area (Å²) in [5, 5.41) is 0.516. The van der Waals surface area contributed by atoms with Crippen LogP contribution < -0.4 is 0 Å². The summed E-state index contributed by atoms with van der Waals surface area (Å²) in [5.41, 5.74) is 0. The minimum atomic E-state index is -3.63. The molecule has 1 aromatic rings. The van der Waals surface area contributed by atoms with Gasteiger partial charge in [0.15, 0.2) is 0 Å². The van der Waals surface area contributed by atoms with Crippen LogP contribution in [-0.4, -0.2) is 75.2 Å². The molecule has 1 heterocycles. The molecule has 1 aliphatic heterocycles. The standard InChI is InChI=1S/C15H21Cl2N3O3S/c1-18(2)6-5-15(21)19-7-9-20(10-8-19)24(22,23)12-3-4-13(16)14(17)11-12/h3-4,11H,5-10H2,1-2H3. The second kappa shape index (κ2) is 8.01. The first-order valence-corrected chi connectivity index (χ1v) is 9.79. The molecule has 6 nitrogen and oxygen atoms in total. The van der Waals surface area contributed by atoms with Gasteiger partial charge in [-0.3, -0.25) is 4.79 Å². The van der Waals surface area contributed by atoms with Gasteiger partial charge in [-0.05, 0) is 32.3 Å². The third kappa shape index (κ3) is 4.61. The minimum Gasteiger partial charge on any atom is -0.340 e. The highest BCUT2D eigenvalue weighted by Gasteiger charge is 2.30. The van der Waals surface area contributed by atoms with Crippen molar-refractivity contribution in [3.63, 3.8) is 0 Å². The molecular weight excluding hydrogens is 373 g/mol. The SMILES string of the molecule is CN(C)CCC(=O)N1CCN(S(=O)(=O)c2ccc(Cl)c(Cl)c2)CC1. The van der Waals surface area contributed by atoms with E-state index in [1.807, 2.05) is 19.0 Å². The number of hydrogen-bond donors (Lipinski definition) is 0. The molecule has 0 radical (unpaired) electrons. The van der Waals surface area contributed by atoms with Gasteiger partial charge in [-0.25, -0.2) is 8.42 Å². The van der Waals surface area contributed by atoms with E-state index in [2.05, 4.69) is 0 Å². The Hall–Kier alpha value is -0.860. The van der Waals surface area contributed by atoms with E-state index in [4.69, 9.17) is 23.2 Å². The average molecular weight is 394 g/mol. The molecule has 0 saturated carbocycles. The van der Waals surface area contributed by atoms with Crippen LogP contribution in [0.2, 0.25) is 10.0 Å². The number of carbonyl (C=O) groups is 1. The summed E-state index contributed by atoms with van der Waals surface area (Å²) in [4.78, 5) is 15.9. The fraction of sp³-hybridized carbons (Fsp3) is 0.533. The van der Waals surface area contributed by atoms with Gasteiger partial charge in [0.1, 0.15) is 0 Å². The lowest BCUT2D eigenvalue weighted by atomic mass is 10.3. The Morgan fingerprint density at radius 3 is 2.29 bits per heavy atom. The van der Waals surface area contributed by atoms with Gasteiger partial charge in [-0.1, -0.05) is 23.2 Å². The summed E-state index contributed by atoms with van der Waals surface area (Å²) in [6.07, 6.45) is 0.437. The van der Waals surface area contributed by atoms with Crippen LogP contribution in [0, 0.1) is 0 Å². The van der Waals surface area contributed by atoms with E-state index in [9.17, 15) is 13.2 Å². The lowest BCUT2D eigenvalue weighted by Crippen LogP contribution is -2.50. The maximum Gasteiger partial charge on any atom is 0.243 e. The quantitative estimate of drug-likeness (QED) is 0.764. The van der Waals surface area contributed by atoms with E-state index in [-0.39, 0.29) is 28.9 Å². The number of amides is 1. The largest absolute Gasteiger partial charge is 0.340 e. The smallest absolute Gasteiger partial charge is 0.243 e. The van der Waals surface area contributed by atoms with Crippen LogP contribution >= 0.6 is 23.2 Å². The van der Waals surface area contributed by atoms with Gasteiger partial charge >= 0.3 is 0 Å². The third-order valence-corrected chi connectivity index (χ3v) is 6.53. The summed E-state index contributed by atoms with van der Waals surface area (Å²) < 4.78 is 26.7. The highest BCUT2D eigenvalue weighted by Crippen LogP contribution is 2.27. The number of benzene rings is 1. The molecule has 9 heteroatoms. The fourth-order valence-corrected chi connectivity index (χ4v) is 4.25. The van der Waals surface area contributed by atoms with E-state index in [1.165, 1.54) is 22.5 Å². The summed E-state index contributed by atoms with van der Waals surface area (Å²) in [6, 6.07) is 4.27. The van der Waals surface area contributed by atoms with Crippen molar-refractivity contribution in [2.24, 2.45) is 0 Å². The molecule has 0 atom stereocenters. The van der Waals surface area contributed by atoms with Crippen molar-refractivity contribution in [1.29, 1.82) is 0 Å². The first-order chi connectivity index (χ1) is 11.2. The Labute approximate surface area is 153 Å². The number of piperazine rings is 1. The molecular formula is C15H21Cl2N3O3S. The minimum absolute atomic E-state index is 0.0512. The number of rotatable bonds is 5. The molecule has 1 saturated heterocycles. The van der Waals surface area contributed by atoms with E-state index >= 15 is 0 Å². The zero-order chi connectivity index (χ0) is 17.9. The topological polar surface area (TPSA) is 60.9 Å². The van der Waals surface area contributed by atoms with Gasteiger partial charge in [-0.2, -0.15) is 4.31 Å². The first-order valence-electron chi connectivity index (χ1n) is 7.59. The van der Waals surface area contributed by atoms with Gasteiger partial charge in [0.25, 0.3) is 0 Å². The van der Waals surface area contributed by atoms with Crippen LogP contribution in [0.1, 0.15) is 6.42 Å². The van der Waals surface area contributed by atoms with Crippen molar-refractivity contribution in [3.05, 3.63) is 28.2 Å². The molecule has 0 spiro atoms. The van der Waals surface area contributed by atoms with Gasteiger partial charge in [0, 0.05) is 39.1 Å². The van der Waals surface area contributed by atoms with Crippen molar-refractivity contribution < 1.29 is 13.2 Å². The predicted octanol–water partition coefficient (Wildman–Crippen LogP) is 1.78. The number of hydrogen-bond acceptors (Lipinski definition) is 4. The molecule has 1 aromatic carbocycles. The Bertz CT molecular complexity index is 702. The van der Waals surface area contributed by atoms with E-state index in [1.54, 1.807) is 4.90 Å². The maximum atomic E-state index is 12.7. The van der Waals surface area contributed by atoms with Crippen LogP contribution in [0.4, 0.5) is 0 Å². The summed E-state index contributed by atoms with van der Waals surface area (Å²) in [6.45, 7) is 2.02. The normalized spacial score (nSPS) is 16.6. The number of nitrogens with zero attached hydrogens (tertiary/aromatic N) is 3. The molecule has 134 valence electrons. The maximum absolute atomic E-state index is 12.7. The predicted molar refractivity (Wildman–Crippen MR) is 95.0 cm³/mol. The van der Waals surface area contributed by atoms with Gasteiger partial charge < -0.3 is 9.80 Å². The van der Waals surface area contributed by atoms with Crippen LogP contribution in [0.5, 0.6) is 0 Å². The Kier molecular flexibility index (Phi) is 6.50. The lowest BCUT2D eigenvalue weighted by Gasteiger charge is -2.34. The summed E-state index contributed by atoms with van der Waals surface area (Å²) >= 11 is 11.7. The van der Waals surface area contributed by atoms with Crippen molar-refractivity contribution in [1.82, 2.24) is 14.1 Å². The zero-order valence-corrected chi connectivity index (χ0v) is 16.0. The average Bonchev–Trinajstić information content (AvgIpc) is 2.55. The molecule has 0 aromatic heterocycles. The highest BCUT2D eigenvalue weighted by molar-refractivity contribution is 7.89. The van der Waals surface area contributed by atoms with Crippen molar-refractivity contribution >= 4 is 39.1 Å². The monoisotopic (exact) mass is 393 g/mol. The first kappa shape index (κ1) is 19.5. The third-order valence-electron chi connectivity index (χ3n) is 3.89. The number of sulfonamides is 1. The van der Waals surface area contributed by atoms with Gasteiger partial charge in [-0.15, -0.1) is 0 Å². The molecule has 1 aliphatic rings. The molecule has 0 N–H and O–H groups in total. The molecule has 24 heavy (non-hydrogen) atoms. The lowest BCUT2D eigenvalue weighted by molar-refractivity contribution is -0.132. The summed E-state index contributed by atoms with van der Waals surface area (Å²) in [7, 11) is 0.191. The van der Waals surface area contributed by atoms with Crippen LogP contribution in [-0.2, 0) is 14.8 Å². The number of halogens is 2. The van der Waals surface area contributed by atoms with E-state index in [0.29, 0.717) is 31.1 Å². The van der Waals surface area contributed by atoms with Crippen molar-refractivity contribution in [3.8, 4) is 0 Å². The molecule has 2 rings (SSSR count). The Morgan fingerprint density at radius 1 is 1.12 bits per heavy atom. The van der Waals surface area contributed by atoms with Crippen LogP contribution in [0.15, 0.2) is 23.1 Å². The second-order valence-corrected chi connectivity index (χ2v) is 8.67. The van der Waals surface area contributed by atoms with E-state index < -0.39 is 10.0 Å². The van der Waals surface area contributed by atoms with Crippen molar-refractivity contribution in [2.75, 3.05) is 46.8 Å². The van der Waals surface area contributed by atoms with Gasteiger partial charge in [0.2, 0.25) is 15.9 Å². The number of carbonyl (C=O) groups excluding carboxylic acids is 1. The Balaban J connectivity index is 2.00. The van der Waals surface area contributed by atoms with Crippen LogP contribution in [0.3, 0.4) is 0 Å². The highest BCUT2D eigenvalue weighted by atomic mass is 35.5. The van der Waals surface area contributed by atoms with Crippen molar-refractivity contribution in [2.45, 2.75) is 11.3 Å². The Morgan fingerprint density at radius 2 is 1.75 bits per heavy atom. The molecule has 0 unspecified atom stereocenters. The second-order valence-electron chi connectivity index (χ2n) is 5.91. The van der Waals surface area contributed by atoms with Crippen LogP contribution in [0.25, 0.3) is 0 Å². The zero-order valence-electron chi connectivity index (χ0n) is 13.7. The van der Waals surface area contributed by atoms with E-state index in [0.717, 1.165) is 0 Å². The molecule has 0 bridgehead atoms. The molecule has 1 fully saturated rings.